The molecule has 2 aromatic carbocycles. The van der Waals surface area contributed by atoms with E-state index in [1.807, 2.05) is 6.92 Å². The molecule has 1 saturated heterocycles. The van der Waals surface area contributed by atoms with Crippen LogP contribution in [0.3, 0.4) is 0 Å². The standard InChI is InChI=1S/C29H37FN4O5S/c1-29(20-24(29)21-12-14-23(30)15-13-21)31-26(35)11-7-10-25(32(2)27(36)22-8-5-4-6-9-22)28(37)33-16-18-34(19-17-33)40(3,38)39/h4-6,8-9,12-15,24-25H,7,10-11,16-20H2,1-3H3,(H,31,35)/t24-,25-,29+/m0/s1. The Labute approximate surface area is 235 Å². The van der Waals surface area contributed by atoms with Gasteiger partial charge in [-0.15, -0.1) is 0 Å². The number of carbonyl (C=O) groups excluding carboxylic acids is 3. The minimum atomic E-state index is -3.35. The number of likely N-dealkylation sites (N-methyl/N-ethyl adjacent to an activating group) is 1. The van der Waals surface area contributed by atoms with Gasteiger partial charge in [0, 0.05) is 56.7 Å². The second kappa shape index (κ2) is 12.1. The Morgan fingerprint density at radius 3 is 2.27 bits per heavy atom. The summed E-state index contributed by atoms with van der Waals surface area (Å²) in [5.74, 6) is -0.882. The van der Waals surface area contributed by atoms with Crippen molar-refractivity contribution in [3.8, 4) is 0 Å². The number of piperazine rings is 1. The SMILES string of the molecule is CN(C(=O)c1ccccc1)[C@@H](CCCC(=O)N[C@]1(C)C[C@H]1c1ccc(F)cc1)C(=O)N1CCN(S(C)(=O)=O)CC1. The second-order valence-corrected chi connectivity index (χ2v) is 12.9. The van der Waals surface area contributed by atoms with E-state index in [1.165, 1.54) is 21.3 Å². The lowest BCUT2D eigenvalue weighted by Crippen LogP contribution is -2.56. The Morgan fingerprint density at radius 1 is 1.05 bits per heavy atom. The van der Waals surface area contributed by atoms with E-state index in [1.54, 1.807) is 54.4 Å². The van der Waals surface area contributed by atoms with Crippen molar-refractivity contribution in [1.82, 2.24) is 19.4 Å². The molecule has 1 aliphatic heterocycles. The van der Waals surface area contributed by atoms with E-state index in [0.717, 1.165) is 18.2 Å². The van der Waals surface area contributed by atoms with Crippen LogP contribution in [0.5, 0.6) is 0 Å². The van der Waals surface area contributed by atoms with Crippen molar-refractivity contribution in [3.05, 3.63) is 71.5 Å². The van der Waals surface area contributed by atoms with E-state index in [9.17, 15) is 27.2 Å². The summed E-state index contributed by atoms with van der Waals surface area (Å²) in [6, 6.07) is 14.2. The molecule has 4 rings (SSSR count). The average molecular weight is 573 g/mol. The molecule has 3 atom stereocenters. The third-order valence-electron chi connectivity index (χ3n) is 7.93. The Morgan fingerprint density at radius 2 is 1.68 bits per heavy atom. The molecule has 40 heavy (non-hydrogen) atoms. The van der Waals surface area contributed by atoms with Gasteiger partial charge in [0.1, 0.15) is 11.9 Å². The van der Waals surface area contributed by atoms with Crippen LogP contribution in [-0.4, -0.2) is 91.3 Å². The number of sulfonamides is 1. The summed E-state index contributed by atoms with van der Waals surface area (Å²) >= 11 is 0. The quantitative estimate of drug-likeness (QED) is 0.471. The second-order valence-electron chi connectivity index (χ2n) is 11.0. The third kappa shape index (κ3) is 7.06. The maximum atomic E-state index is 13.6. The summed E-state index contributed by atoms with van der Waals surface area (Å²) in [5.41, 5.74) is 1.03. The van der Waals surface area contributed by atoms with Crippen LogP contribution < -0.4 is 5.32 Å². The fourth-order valence-corrected chi connectivity index (χ4v) is 6.21. The summed E-state index contributed by atoms with van der Waals surface area (Å²) in [6.45, 7) is 2.83. The van der Waals surface area contributed by atoms with Gasteiger partial charge in [0.2, 0.25) is 21.8 Å². The number of amides is 3. The molecule has 2 fully saturated rings. The highest BCUT2D eigenvalue weighted by Gasteiger charge is 2.51. The van der Waals surface area contributed by atoms with Crippen molar-refractivity contribution >= 4 is 27.7 Å². The van der Waals surface area contributed by atoms with Gasteiger partial charge in [-0.2, -0.15) is 4.31 Å². The zero-order valence-corrected chi connectivity index (χ0v) is 24.0. The number of benzene rings is 2. The fraction of sp³-hybridized carbons (Fsp3) is 0.483. The van der Waals surface area contributed by atoms with Crippen LogP contribution >= 0.6 is 0 Å². The molecule has 9 nitrogen and oxygen atoms in total. The van der Waals surface area contributed by atoms with Gasteiger partial charge >= 0.3 is 0 Å². The molecule has 0 spiro atoms. The molecule has 0 radical (unpaired) electrons. The lowest BCUT2D eigenvalue weighted by molar-refractivity contribution is -0.137. The Kier molecular flexibility index (Phi) is 8.94. The van der Waals surface area contributed by atoms with Crippen LogP contribution in [0, 0.1) is 5.82 Å². The van der Waals surface area contributed by atoms with Crippen LogP contribution in [0.2, 0.25) is 0 Å². The number of halogens is 1. The lowest BCUT2D eigenvalue weighted by Gasteiger charge is -2.37. The normalized spacial score (nSPS) is 21.9. The maximum absolute atomic E-state index is 13.6. The predicted molar refractivity (Wildman–Crippen MR) is 149 cm³/mol. The summed E-state index contributed by atoms with van der Waals surface area (Å²) in [5, 5.41) is 3.09. The summed E-state index contributed by atoms with van der Waals surface area (Å²) in [6.07, 6.45) is 2.76. The van der Waals surface area contributed by atoms with Gasteiger partial charge in [-0.1, -0.05) is 30.3 Å². The van der Waals surface area contributed by atoms with Crippen LogP contribution in [-0.2, 0) is 19.6 Å². The first-order valence-corrected chi connectivity index (χ1v) is 15.4. The van der Waals surface area contributed by atoms with Crippen molar-refractivity contribution in [1.29, 1.82) is 0 Å². The van der Waals surface area contributed by atoms with E-state index >= 15 is 0 Å². The molecule has 3 amide bonds. The number of carbonyl (C=O) groups is 3. The molecular weight excluding hydrogens is 535 g/mol. The maximum Gasteiger partial charge on any atom is 0.254 e. The molecule has 2 aliphatic rings. The van der Waals surface area contributed by atoms with Crippen LogP contribution in [0.1, 0.15) is 54.4 Å². The molecule has 1 heterocycles. The van der Waals surface area contributed by atoms with Crippen LogP contribution in [0.25, 0.3) is 0 Å². The minimum Gasteiger partial charge on any atom is -0.350 e. The van der Waals surface area contributed by atoms with E-state index in [-0.39, 0.29) is 68.5 Å². The molecule has 0 unspecified atom stereocenters. The van der Waals surface area contributed by atoms with Crippen molar-refractivity contribution < 1.29 is 27.2 Å². The number of hydrogen-bond acceptors (Lipinski definition) is 5. The highest BCUT2D eigenvalue weighted by Crippen LogP contribution is 2.51. The van der Waals surface area contributed by atoms with Gasteiger partial charge in [-0.25, -0.2) is 12.8 Å². The lowest BCUT2D eigenvalue weighted by atomic mass is 10.0. The van der Waals surface area contributed by atoms with Gasteiger partial charge in [0.05, 0.1) is 6.26 Å². The smallest absolute Gasteiger partial charge is 0.254 e. The van der Waals surface area contributed by atoms with Gasteiger partial charge in [0.15, 0.2) is 0 Å². The first kappa shape index (κ1) is 29.7. The number of hydrogen-bond donors (Lipinski definition) is 1. The molecule has 0 bridgehead atoms. The first-order valence-electron chi connectivity index (χ1n) is 13.5. The number of rotatable bonds is 10. The average Bonchev–Trinajstić information content (AvgIpc) is 3.60. The molecule has 2 aromatic rings. The van der Waals surface area contributed by atoms with Gasteiger partial charge in [-0.3, -0.25) is 14.4 Å². The predicted octanol–water partition coefficient (Wildman–Crippen LogP) is 2.60. The highest BCUT2D eigenvalue weighted by atomic mass is 32.2. The van der Waals surface area contributed by atoms with Crippen molar-refractivity contribution in [2.24, 2.45) is 0 Å². The van der Waals surface area contributed by atoms with E-state index in [0.29, 0.717) is 12.0 Å². The molecular formula is C29H37FN4O5S. The number of nitrogens with one attached hydrogen (secondary N) is 1. The minimum absolute atomic E-state index is 0.117. The summed E-state index contributed by atoms with van der Waals surface area (Å²) in [4.78, 5) is 42.7. The highest BCUT2D eigenvalue weighted by molar-refractivity contribution is 7.88. The summed E-state index contributed by atoms with van der Waals surface area (Å²) in [7, 11) is -1.76. The Balaban J connectivity index is 1.37. The van der Waals surface area contributed by atoms with Crippen LogP contribution in [0.4, 0.5) is 4.39 Å². The Hall–Kier alpha value is -3.31. The zero-order chi connectivity index (χ0) is 29.1. The van der Waals surface area contributed by atoms with Crippen molar-refractivity contribution in [2.75, 3.05) is 39.5 Å². The molecule has 1 aliphatic carbocycles. The van der Waals surface area contributed by atoms with E-state index in [4.69, 9.17) is 0 Å². The van der Waals surface area contributed by atoms with Crippen molar-refractivity contribution in [2.45, 2.75) is 50.1 Å². The monoisotopic (exact) mass is 572 g/mol. The van der Waals surface area contributed by atoms with Crippen molar-refractivity contribution in [3.63, 3.8) is 0 Å². The third-order valence-corrected chi connectivity index (χ3v) is 9.23. The number of nitrogens with zero attached hydrogens (tertiary/aromatic N) is 3. The molecule has 0 aromatic heterocycles. The first-order chi connectivity index (χ1) is 18.9. The van der Waals surface area contributed by atoms with E-state index < -0.39 is 21.6 Å². The largest absolute Gasteiger partial charge is 0.350 e. The molecule has 1 N–H and O–H groups in total. The molecule has 1 saturated carbocycles. The zero-order valence-electron chi connectivity index (χ0n) is 23.2. The molecule has 216 valence electrons. The fourth-order valence-electron chi connectivity index (χ4n) is 5.38. The van der Waals surface area contributed by atoms with E-state index in [2.05, 4.69) is 5.32 Å². The molecule has 11 heteroatoms. The Bertz CT molecular complexity index is 1330. The van der Waals surface area contributed by atoms with Gasteiger partial charge in [-0.05, 0) is 56.0 Å². The summed E-state index contributed by atoms with van der Waals surface area (Å²) < 4.78 is 38.4. The van der Waals surface area contributed by atoms with Crippen LogP contribution in [0.15, 0.2) is 54.6 Å². The van der Waals surface area contributed by atoms with Gasteiger partial charge < -0.3 is 15.1 Å². The van der Waals surface area contributed by atoms with Gasteiger partial charge in [0.25, 0.3) is 5.91 Å². The topological polar surface area (TPSA) is 107 Å².